The van der Waals surface area contributed by atoms with Crippen LogP contribution in [0.1, 0.15) is 0 Å². The number of hydrogen-bond acceptors (Lipinski definition) is 13. The summed E-state index contributed by atoms with van der Waals surface area (Å²) in [6.07, 6.45) is 4.22. The smallest absolute Gasteiger partial charge is 0.277 e. The van der Waals surface area contributed by atoms with E-state index in [2.05, 4.69) is 38.3 Å². The van der Waals surface area contributed by atoms with Gasteiger partial charge in [-0.15, -0.1) is 0 Å². The van der Waals surface area contributed by atoms with Gasteiger partial charge in [0, 0.05) is 63.5 Å². The number of rotatable bonds is 13. The number of amides is 1. The highest BCUT2D eigenvalue weighted by Crippen LogP contribution is 2.37. The van der Waals surface area contributed by atoms with E-state index in [9.17, 15) is 4.79 Å². The zero-order chi connectivity index (χ0) is 28.2. The van der Waals surface area contributed by atoms with Gasteiger partial charge in [0.1, 0.15) is 5.69 Å². The molecular formula is C25H34N10O4. The van der Waals surface area contributed by atoms with E-state index in [1.54, 1.807) is 24.9 Å². The highest BCUT2D eigenvalue weighted by atomic mass is 16.5. The van der Waals surface area contributed by atoms with Crippen molar-refractivity contribution in [1.29, 1.82) is 0 Å². The van der Waals surface area contributed by atoms with E-state index in [1.807, 2.05) is 30.0 Å². The molecule has 2 aromatic heterocycles. The fourth-order valence-corrected chi connectivity index (χ4v) is 3.69. The van der Waals surface area contributed by atoms with Gasteiger partial charge in [-0.3, -0.25) is 29.9 Å². The fraction of sp³-hybridized carbons (Fsp3) is 0.400. The number of hydroxylamine groups is 1. The van der Waals surface area contributed by atoms with E-state index < -0.39 is 5.91 Å². The van der Waals surface area contributed by atoms with Gasteiger partial charge in [-0.25, -0.2) is 20.4 Å². The first-order valence-corrected chi connectivity index (χ1v) is 12.1. The Kier molecular flexibility index (Phi) is 11.0. The van der Waals surface area contributed by atoms with Crippen LogP contribution in [-0.2, 0) is 9.53 Å². The lowest BCUT2D eigenvalue weighted by Gasteiger charge is -2.31. The van der Waals surface area contributed by atoms with Crippen LogP contribution in [-0.4, -0.2) is 118 Å². The Balaban J connectivity index is 1.82. The van der Waals surface area contributed by atoms with E-state index in [4.69, 9.17) is 24.6 Å². The van der Waals surface area contributed by atoms with Crippen molar-refractivity contribution in [3.8, 4) is 17.3 Å². The first-order valence-electron chi connectivity index (χ1n) is 12.1. The number of anilines is 2. The van der Waals surface area contributed by atoms with Crippen molar-refractivity contribution in [2.75, 3.05) is 77.1 Å². The lowest BCUT2D eigenvalue weighted by molar-refractivity contribution is -0.124. The van der Waals surface area contributed by atoms with Crippen LogP contribution in [0.5, 0.6) is 5.88 Å². The van der Waals surface area contributed by atoms with Crippen LogP contribution in [0.3, 0.4) is 0 Å². The molecule has 0 unspecified atom stereocenters. The van der Waals surface area contributed by atoms with Crippen LogP contribution < -0.4 is 20.0 Å². The van der Waals surface area contributed by atoms with E-state index >= 15 is 0 Å². The summed E-state index contributed by atoms with van der Waals surface area (Å²) in [4.78, 5) is 43.8. The van der Waals surface area contributed by atoms with Crippen molar-refractivity contribution < 1.29 is 19.5 Å². The third-order valence-corrected chi connectivity index (χ3v) is 5.85. The molecule has 0 aliphatic carbocycles. The number of pyridine rings is 1. The molecule has 2 N–H and O–H groups in total. The molecule has 0 spiro atoms. The maximum atomic E-state index is 11.6. The quantitative estimate of drug-likeness (QED) is 0.165. The van der Waals surface area contributed by atoms with Crippen molar-refractivity contribution in [3.63, 3.8) is 0 Å². The molecule has 1 fully saturated rings. The van der Waals surface area contributed by atoms with Crippen LogP contribution >= 0.6 is 0 Å². The highest BCUT2D eigenvalue weighted by molar-refractivity contribution is 6.11. The van der Waals surface area contributed by atoms with Crippen LogP contribution in [0.25, 0.3) is 11.4 Å². The molecule has 0 radical (unpaired) electrons. The van der Waals surface area contributed by atoms with Gasteiger partial charge >= 0.3 is 0 Å². The Labute approximate surface area is 227 Å². The summed E-state index contributed by atoms with van der Waals surface area (Å²) < 4.78 is 10.7. The number of aromatic nitrogens is 3. The van der Waals surface area contributed by atoms with Gasteiger partial charge in [-0.05, 0) is 26.5 Å². The molecule has 1 aliphatic rings. The summed E-state index contributed by atoms with van der Waals surface area (Å²) in [5, 5.41) is 8.83. The molecule has 0 aromatic carbocycles. The number of hydrogen-bond donors (Lipinski definition) is 2. The lowest BCUT2D eigenvalue weighted by Crippen LogP contribution is -2.37. The number of carbonyl (C=O) groups is 1. The molecule has 2 aromatic rings. The van der Waals surface area contributed by atoms with Gasteiger partial charge < -0.3 is 19.3 Å². The molecule has 0 saturated carbocycles. The molecular weight excluding hydrogens is 504 g/mol. The van der Waals surface area contributed by atoms with Crippen LogP contribution in [0.2, 0.25) is 0 Å². The van der Waals surface area contributed by atoms with Crippen LogP contribution in [0.15, 0.2) is 45.1 Å². The molecule has 0 atom stereocenters. The predicted octanol–water partition coefficient (Wildman–Crippen LogP) is 1.20. The summed E-state index contributed by atoms with van der Waals surface area (Å²) in [6.45, 7) is 11.2. The highest BCUT2D eigenvalue weighted by Gasteiger charge is 2.23. The maximum absolute atomic E-state index is 11.6. The van der Waals surface area contributed by atoms with Gasteiger partial charge in [0.15, 0.2) is 17.5 Å². The minimum atomic E-state index is -0.722. The van der Waals surface area contributed by atoms with Crippen molar-refractivity contribution in [1.82, 2.24) is 25.3 Å². The number of nitrogens with zero attached hydrogens (tertiary/aromatic N) is 9. The number of ether oxygens (including phenoxy) is 2. The summed E-state index contributed by atoms with van der Waals surface area (Å²) >= 11 is 0. The maximum Gasteiger partial charge on any atom is 0.277 e. The third-order valence-electron chi connectivity index (χ3n) is 5.85. The molecule has 39 heavy (non-hydrogen) atoms. The number of nitrogens with one attached hydrogen (secondary N) is 1. The van der Waals surface area contributed by atoms with Gasteiger partial charge in [0.2, 0.25) is 5.88 Å². The molecule has 1 amide bonds. The number of morpholine rings is 1. The molecule has 1 aliphatic heterocycles. The molecule has 14 nitrogen and oxygen atoms in total. The fourth-order valence-electron chi connectivity index (χ4n) is 3.69. The van der Waals surface area contributed by atoms with Crippen LogP contribution in [0, 0.1) is 0 Å². The van der Waals surface area contributed by atoms with Gasteiger partial charge in [0.05, 0.1) is 32.6 Å². The van der Waals surface area contributed by atoms with Crippen molar-refractivity contribution >= 4 is 42.9 Å². The zero-order valence-corrected chi connectivity index (χ0v) is 22.4. The summed E-state index contributed by atoms with van der Waals surface area (Å²) in [5.41, 5.74) is 2.97. The van der Waals surface area contributed by atoms with Crippen molar-refractivity contribution in [3.05, 3.63) is 30.1 Å². The molecule has 3 heterocycles. The average Bonchev–Trinajstić information content (AvgIpc) is 2.98. The Morgan fingerprint density at radius 2 is 2.03 bits per heavy atom. The Hall–Kier alpha value is -4.27. The molecule has 14 heteroatoms. The van der Waals surface area contributed by atoms with Gasteiger partial charge in [0.25, 0.3) is 5.91 Å². The normalized spacial score (nSPS) is 14.0. The molecule has 3 rings (SSSR count). The number of aliphatic imine (C=N–C) groups is 3. The molecule has 208 valence electrons. The second kappa shape index (κ2) is 14.6. The van der Waals surface area contributed by atoms with Crippen molar-refractivity contribution in [2.24, 2.45) is 15.0 Å². The standard InChI is InChI=1S/C25H34N10O4/c1-26-14-19(25(36)32-37)15-28-17-33(3)8-9-34(4)23-21(27-2)24(35-10-12-39-13-11-35)31-22(30-23)18-6-7-20(38-5)29-16-18/h6-7,14-16,37H,1-2,8-13,17H2,3-5H3,(H,32,36)/b19-14+,28-15-. The summed E-state index contributed by atoms with van der Waals surface area (Å²) in [7, 11) is 5.39. The van der Waals surface area contributed by atoms with E-state index in [-0.39, 0.29) is 5.57 Å². The number of methoxy groups -OCH3 is 1. The third kappa shape index (κ3) is 7.86. The summed E-state index contributed by atoms with van der Waals surface area (Å²) in [6, 6.07) is 3.63. The average molecular weight is 539 g/mol. The van der Waals surface area contributed by atoms with Crippen molar-refractivity contribution in [2.45, 2.75) is 0 Å². The Morgan fingerprint density at radius 1 is 1.26 bits per heavy atom. The first kappa shape index (κ1) is 29.3. The lowest BCUT2D eigenvalue weighted by atomic mass is 10.2. The topological polar surface area (TPSA) is 153 Å². The minimum Gasteiger partial charge on any atom is -0.481 e. The van der Waals surface area contributed by atoms with Crippen LogP contribution in [0.4, 0.5) is 17.3 Å². The Morgan fingerprint density at radius 3 is 2.64 bits per heavy atom. The second-order valence-corrected chi connectivity index (χ2v) is 8.55. The van der Waals surface area contributed by atoms with E-state index in [0.29, 0.717) is 75.1 Å². The minimum absolute atomic E-state index is 0.0805. The Bertz CT molecular complexity index is 1200. The monoisotopic (exact) mass is 538 g/mol. The van der Waals surface area contributed by atoms with E-state index in [1.165, 1.54) is 12.4 Å². The molecule has 0 bridgehead atoms. The summed E-state index contributed by atoms with van der Waals surface area (Å²) in [5.74, 6) is 1.61. The zero-order valence-electron chi connectivity index (χ0n) is 22.4. The number of likely N-dealkylation sites (N-methyl/N-ethyl adjacent to an activating group) is 2. The predicted molar refractivity (Wildman–Crippen MR) is 151 cm³/mol. The molecule has 1 saturated heterocycles. The SMILES string of the molecule is C=N/C=C(\C=N/CN(C)CCN(C)c1nc(-c2ccc(OC)nc2)nc(N2CCOCC2)c1N=C)C(=O)NO. The number of carbonyl (C=O) groups excluding carboxylic acids is 1. The first-order chi connectivity index (χ1) is 18.9. The van der Waals surface area contributed by atoms with Gasteiger partial charge in [-0.1, -0.05) is 0 Å². The second-order valence-electron chi connectivity index (χ2n) is 8.55. The largest absolute Gasteiger partial charge is 0.481 e. The van der Waals surface area contributed by atoms with E-state index in [0.717, 1.165) is 5.56 Å². The van der Waals surface area contributed by atoms with Gasteiger partial charge in [-0.2, -0.15) is 0 Å².